The summed E-state index contributed by atoms with van der Waals surface area (Å²) >= 11 is 0.987. The number of nitrogens with zero attached hydrogens (tertiary/aromatic N) is 3. The fourth-order valence-corrected chi connectivity index (χ4v) is 2.97. The molecule has 0 bridgehead atoms. The molecule has 3 atom stereocenters. The Morgan fingerprint density at radius 3 is 3.11 bits per heavy atom. The van der Waals surface area contributed by atoms with Crippen molar-refractivity contribution in [2.24, 2.45) is 0 Å². The molecule has 1 fully saturated rings. The van der Waals surface area contributed by atoms with Gasteiger partial charge in [-0.25, -0.2) is 4.98 Å². The van der Waals surface area contributed by atoms with Crippen molar-refractivity contribution in [3.63, 3.8) is 0 Å². The van der Waals surface area contributed by atoms with E-state index in [1.54, 1.807) is 0 Å². The van der Waals surface area contributed by atoms with Gasteiger partial charge in [-0.2, -0.15) is 4.98 Å². The first kappa shape index (κ1) is 12.5. The van der Waals surface area contributed by atoms with Gasteiger partial charge in [0, 0.05) is 6.42 Å². The second kappa shape index (κ2) is 4.53. The van der Waals surface area contributed by atoms with E-state index in [2.05, 4.69) is 9.97 Å². The largest absolute Gasteiger partial charge is 0.394 e. The van der Waals surface area contributed by atoms with Crippen LogP contribution in [0.2, 0.25) is 0 Å². The number of aromatic nitrogens is 3. The van der Waals surface area contributed by atoms with Crippen molar-refractivity contribution in [1.82, 2.24) is 14.5 Å². The standard InChI is InChI=1S/C10H12N4O4S/c11-9-12-2-6-8(13-9)14(10(17)19-6)7-1-4(16)5(3-15)18-7/h2,4-5,7,15-16H,1,3H2,(H2,11,12,13)/t4-,5-,7-/m1/s1. The van der Waals surface area contributed by atoms with Crippen LogP contribution in [0.4, 0.5) is 5.95 Å². The number of hydrogen-bond donors (Lipinski definition) is 3. The van der Waals surface area contributed by atoms with Crippen molar-refractivity contribution in [3.05, 3.63) is 15.9 Å². The van der Waals surface area contributed by atoms with Gasteiger partial charge in [0.15, 0.2) is 5.65 Å². The molecule has 0 aromatic carbocycles. The predicted octanol–water partition coefficient (Wildman–Crippen LogP) is -0.924. The summed E-state index contributed by atoms with van der Waals surface area (Å²) in [5, 5.41) is 18.8. The summed E-state index contributed by atoms with van der Waals surface area (Å²) in [6.07, 6.45) is -0.444. The van der Waals surface area contributed by atoms with Gasteiger partial charge in [-0.15, -0.1) is 0 Å². The smallest absolute Gasteiger partial charge is 0.311 e. The fourth-order valence-electron chi connectivity index (χ4n) is 2.14. The first-order valence-electron chi connectivity index (χ1n) is 5.68. The third-order valence-corrected chi connectivity index (χ3v) is 3.93. The van der Waals surface area contributed by atoms with Crippen LogP contribution in [0.25, 0.3) is 10.3 Å². The summed E-state index contributed by atoms with van der Waals surface area (Å²) in [6.45, 7) is -0.300. The predicted molar refractivity (Wildman–Crippen MR) is 67.7 cm³/mol. The Labute approximate surface area is 111 Å². The summed E-state index contributed by atoms with van der Waals surface area (Å²) in [5.74, 6) is 0.0660. The quantitative estimate of drug-likeness (QED) is 0.651. The number of rotatable bonds is 2. The lowest BCUT2D eigenvalue weighted by Gasteiger charge is -2.13. The molecular weight excluding hydrogens is 272 g/mol. The first-order chi connectivity index (χ1) is 9.10. The van der Waals surface area contributed by atoms with E-state index in [1.165, 1.54) is 10.8 Å². The number of nitrogens with two attached hydrogens (primary N) is 1. The lowest BCUT2D eigenvalue weighted by molar-refractivity contribution is -0.0437. The van der Waals surface area contributed by atoms with Crippen molar-refractivity contribution in [2.75, 3.05) is 12.3 Å². The highest BCUT2D eigenvalue weighted by Crippen LogP contribution is 2.30. The molecular formula is C10H12N4O4S. The van der Waals surface area contributed by atoms with Gasteiger partial charge in [0.1, 0.15) is 12.3 Å². The molecule has 0 spiro atoms. The first-order valence-corrected chi connectivity index (χ1v) is 6.49. The average molecular weight is 284 g/mol. The molecule has 1 aliphatic rings. The van der Waals surface area contributed by atoms with Crippen LogP contribution in [0.1, 0.15) is 12.6 Å². The van der Waals surface area contributed by atoms with Crippen molar-refractivity contribution in [2.45, 2.75) is 24.9 Å². The highest BCUT2D eigenvalue weighted by molar-refractivity contribution is 7.16. The molecule has 2 aromatic rings. The Kier molecular flexibility index (Phi) is 2.97. The normalized spacial score (nSPS) is 27.2. The number of aliphatic hydroxyl groups is 2. The van der Waals surface area contributed by atoms with Gasteiger partial charge in [0.25, 0.3) is 0 Å². The maximum atomic E-state index is 12.0. The molecule has 1 saturated heterocycles. The van der Waals surface area contributed by atoms with Gasteiger partial charge in [0.2, 0.25) is 5.95 Å². The van der Waals surface area contributed by atoms with Crippen LogP contribution < -0.4 is 10.6 Å². The third-order valence-electron chi connectivity index (χ3n) is 3.05. The van der Waals surface area contributed by atoms with E-state index in [-0.39, 0.29) is 23.8 Å². The Balaban J connectivity index is 2.08. The molecule has 3 rings (SSSR count). The van der Waals surface area contributed by atoms with Gasteiger partial charge in [0.05, 0.1) is 23.6 Å². The zero-order chi connectivity index (χ0) is 13.6. The average Bonchev–Trinajstić information content (AvgIpc) is 2.88. The van der Waals surface area contributed by atoms with E-state index in [4.69, 9.17) is 15.6 Å². The molecule has 8 nitrogen and oxygen atoms in total. The van der Waals surface area contributed by atoms with Gasteiger partial charge in [-0.1, -0.05) is 11.3 Å². The molecule has 1 aliphatic heterocycles. The Bertz CT molecular complexity index is 669. The van der Waals surface area contributed by atoms with E-state index in [1.807, 2.05) is 0 Å². The topological polar surface area (TPSA) is 123 Å². The zero-order valence-corrected chi connectivity index (χ0v) is 10.6. The number of aliphatic hydroxyl groups excluding tert-OH is 2. The van der Waals surface area contributed by atoms with Crippen molar-refractivity contribution >= 4 is 27.6 Å². The molecule has 0 radical (unpaired) electrons. The maximum absolute atomic E-state index is 12.0. The summed E-state index contributed by atoms with van der Waals surface area (Å²) in [7, 11) is 0. The SMILES string of the molecule is Nc1ncc2sc(=O)n([C@H]3C[C@@H](O)[C@@H](CO)O3)c2n1. The molecule has 19 heavy (non-hydrogen) atoms. The second-order valence-corrected chi connectivity index (χ2v) is 5.26. The molecule has 0 amide bonds. The summed E-state index contributed by atoms with van der Waals surface area (Å²) < 4.78 is 7.41. The van der Waals surface area contributed by atoms with Gasteiger partial charge in [-0.3, -0.25) is 9.36 Å². The fraction of sp³-hybridized carbons (Fsp3) is 0.500. The molecule has 102 valence electrons. The lowest BCUT2D eigenvalue weighted by Crippen LogP contribution is -2.24. The Morgan fingerprint density at radius 1 is 1.63 bits per heavy atom. The van der Waals surface area contributed by atoms with E-state index in [0.717, 1.165) is 11.3 Å². The number of thiazole rings is 1. The van der Waals surface area contributed by atoms with E-state index >= 15 is 0 Å². The number of anilines is 1. The highest BCUT2D eigenvalue weighted by Gasteiger charge is 2.36. The minimum atomic E-state index is -0.809. The van der Waals surface area contributed by atoms with E-state index in [9.17, 15) is 9.90 Å². The summed E-state index contributed by atoms with van der Waals surface area (Å²) in [5.41, 5.74) is 5.91. The minimum Gasteiger partial charge on any atom is -0.394 e. The molecule has 0 saturated carbocycles. The number of ether oxygens (including phenoxy) is 1. The van der Waals surface area contributed by atoms with Crippen LogP contribution in [0.15, 0.2) is 11.0 Å². The lowest BCUT2D eigenvalue weighted by atomic mass is 10.2. The van der Waals surface area contributed by atoms with Crippen molar-refractivity contribution < 1.29 is 14.9 Å². The molecule has 2 aromatic heterocycles. The molecule has 0 aliphatic carbocycles. The monoisotopic (exact) mass is 284 g/mol. The highest BCUT2D eigenvalue weighted by atomic mass is 32.1. The van der Waals surface area contributed by atoms with Gasteiger partial charge < -0.3 is 20.7 Å². The van der Waals surface area contributed by atoms with E-state index in [0.29, 0.717) is 10.3 Å². The summed E-state index contributed by atoms with van der Waals surface area (Å²) in [6, 6.07) is 0. The van der Waals surface area contributed by atoms with Crippen molar-refractivity contribution in [3.8, 4) is 0 Å². The van der Waals surface area contributed by atoms with Gasteiger partial charge >= 0.3 is 4.87 Å². The zero-order valence-electron chi connectivity index (χ0n) is 9.76. The third kappa shape index (κ3) is 2.00. The van der Waals surface area contributed by atoms with Crippen LogP contribution >= 0.6 is 11.3 Å². The number of hydrogen-bond acceptors (Lipinski definition) is 8. The minimum absolute atomic E-state index is 0.0660. The summed E-state index contributed by atoms with van der Waals surface area (Å²) in [4.78, 5) is 19.6. The number of fused-ring (bicyclic) bond motifs is 1. The van der Waals surface area contributed by atoms with Crippen LogP contribution in [-0.2, 0) is 4.74 Å². The van der Waals surface area contributed by atoms with Crippen LogP contribution in [0, 0.1) is 0 Å². The van der Waals surface area contributed by atoms with Crippen LogP contribution in [0.3, 0.4) is 0 Å². The Hall–Kier alpha value is -1.55. The second-order valence-electron chi connectivity index (χ2n) is 4.27. The molecule has 0 unspecified atom stereocenters. The molecule has 9 heteroatoms. The molecule has 3 heterocycles. The molecule has 4 N–H and O–H groups in total. The van der Waals surface area contributed by atoms with Crippen molar-refractivity contribution in [1.29, 1.82) is 0 Å². The Morgan fingerprint density at radius 2 is 2.42 bits per heavy atom. The van der Waals surface area contributed by atoms with Crippen LogP contribution in [0.5, 0.6) is 0 Å². The van der Waals surface area contributed by atoms with E-state index < -0.39 is 18.4 Å². The maximum Gasteiger partial charge on any atom is 0.311 e. The van der Waals surface area contributed by atoms with Crippen LogP contribution in [-0.4, -0.2) is 43.6 Å². The number of nitrogen functional groups attached to an aromatic ring is 1. The van der Waals surface area contributed by atoms with Gasteiger partial charge in [-0.05, 0) is 0 Å².